The molecule has 18 heavy (non-hydrogen) atoms. The van der Waals surface area contributed by atoms with Crippen LogP contribution in [0.15, 0.2) is 0 Å². The van der Waals surface area contributed by atoms with Crippen molar-refractivity contribution in [2.45, 2.75) is 58.1 Å². The van der Waals surface area contributed by atoms with E-state index in [1.807, 2.05) is 25.7 Å². The van der Waals surface area contributed by atoms with Gasteiger partial charge in [-0.1, -0.05) is 0 Å². The Kier molecular flexibility index (Phi) is 4.15. The summed E-state index contributed by atoms with van der Waals surface area (Å²) in [6.45, 7) is 8.87. The fourth-order valence-electron chi connectivity index (χ4n) is 2.71. The minimum absolute atomic E-state index is 0.125. The van der Waals surface area contributed by atoms with Crippen LogP contribution in [0.3, 0.4) is 0 Å². The molecular formula is C14H26N2O2. The molecule has 2 saturated heterocycles. The Morgan fingerprint density at radius 3 is 2.61 bits per heavy atom. The zero-order chi connectivity index (χ0) is 13.2. The molecule has 1 amide bonds. The highest BCUT2D eigenvalue weighted by Gasteiger charge is 2.33. The average Bonchev–Trinajstić information content (AvgIpc) is 2.21. The second-order valence-electron chi connectivity index (χ2n) is 6.58. The third-order valence-electron chi connectivity index (χ3n) is 3.73. The first kappa shape index (κ1) is 13.7. The van der Waals surface area contributed by atoms with Gasteiger partial charge in [-0.05, 0) is 65.5 Å². The molecule has 2 heterocycles. The summed E-state index contributed by atoms with van der Waals surface area (Å²) in [5.41, 5.74) is -0.392. The highest BCUT2D eigenvalue weighted by molar-refractivity contribution is 5.68. The van der Waals surface area contributed by atoms with Crippen molar-refractivity contribution in [1.29, 1.82) is 0 Å². The summed E-state index contributed by atoms with van der Waals surface area (Å²) in [5, 5.41) is 3.30. The van der Waals surface area contributed by atoms with Gasteiger partial charge in [-0.25, -0.2) is 4.79 Å². The van der Waals surface area contributed by atoms with Crippen LogP contribution in [-0.2, 0) is 4.74 Å². The van der Waals surface area contributed by atoms with Crippen molar-refractivity contribution < 1.29 is 9.53 Å². The van der Waals surface area contributed by atoms with Gasteiger partial charge in [0.15, 0.2) is 0 Å². The highest BCUT2D eigenvalue weighted by atomic mass is 16.6. The average molecular weight is 254 g/mol. The van der Waals surface area contributed by atoms with Crippen LogP contribution in [0.4, 0.5) is 4.79 Å². The first-order valence-electron chi connectivity index (χ1n) is 7.16. The van der Waals surface area contributed by atoms with E-state index in [1.165, 1.54) is 6.42 Å². The Balaban J connectivity index is 1.91. The largest absolute Gasteiger partial charge is 0.444 e. The Morgan fingerprint density at radius 2 is 2.06 bits per heavy atom. The van der Waals surface area contributed by atoms with Crippen LogP contribution >= 0.6 is 0 Å². The summed E-state index contributed by atoms with van der Waals surface area (Å²) in [6.07, 6.45) is 4.49. The monoisotopic (exact) mass is 254 g/mol. The van der Waals surface area contributed by atoms with Crippen molar-refractivity contribution in [2.75, 3.05) is 19.6 Å². The van der Waals surface area contributed by atoms with Gasteiger partial charge in [0.2, 0.25) is 0 Å². The number of hydrogen-bond donors (Lipinski definition) is 1. The number of likely N-dealkylation sites (tertiary alicyclic amines) is 1. The molecule has 0 bridgehead atoms. The van der Waals surface area contributed by atoms with Gasteiger partial charge in [-0.15, -0.1) is 0 Å². The molecule has 104 valence electrons. The zero-order valence-electron chi connectivity index (χ0n) is 11.9. The van der Waals surface area contributed by atoms with Gasteiger partial charge in [-0.2, -0.15) is 0 Å². The third kappa shape index (κ3) is 3.61. The molecule has 0 aromatic heterocycles. The predicted octanol–water partition coefficient (Wildman–Crippen LogP) is 2.39. The lowest BCUT2D eigenvalue weighted by Crippen LogP contribution is -2.50. The Bertz CT molecular complexity index is 295. The minimum atomic E-state index is -0.392. The van der Waals surface area contributed by atoms with Gasteiger partial charge in [0.1, 0.15) is 5.60 Å². The molecule has 1 atom stereocenters. The normalized spacial score (nSPS) is 25.7. The molecule has 0 aromatic carbocycles. The summed E-state index contributed by atoms with van der Waals surface area (Å²) < 4.78 is 5.51. The molecule has 1 N–H and O–H groups in total. The summed E-state index contributed by atoms with van der Waals surface area (Å²) in [6, 6.07) is 0.390. The Morgan fingerprint density at radius 1 is 1.33 bits per heavy atom. The van der Waals surface area contributed by atoms with E-state index in [2.05, 4.69) is 5.32 Å². The molecule has 0 radical (unpaired) electrons. The van der Waals surface area contributed by atoms with Crippen LogP contribution in [0.2, 0.25) is 0 Å². The maximum atomic E-state index is 12.2. The van der Waals surface area contributed by atoms with Crippen molar-refractivity contribution in [3.63, 3.8) is 0 Å². The Hall–Kier alpha value is -0.770. The van der Waals surface area contributed by atoms with Gasteiger partial charge in [-0.3, -0.25) is 0 Å². The molecule has 1 unspecified atom stereocenters. The molecule has 0 aliphatic carbocycles. The van der Waals surface area contributed by atoms with E-state index in [9.17, 15) is 4.79 Å². The molecule has 2 aliphatic rings. The number of ether oxygens (including phenoxy) is 1. The van der Waals surface area contributed by atoms with E-state index in [0.29, 0.717) is 6.04 Å². The molecule has 0 aromatic rings. The summed E-state index contributed by atoms with van der Waals surface area (Å²) >= 11 is 0. The number of piperidine rings is 1. The smallest absolute Gasteiger partial charge is 0.410 e. The van der Waals surface area contributed by atoms with Crippen molar-refractivity contribution in [1.82, 2.24) is 10.2 Å². The fraction of sp³-hybridized carbons (Fsp3) is 0.929. The SMILES string of the molecule is CC(C)(C)OC(=O)N1CCCCC1CC1CNC1. The first-order chi connectivity index (χ1) is 8.46. The van der Waals surface area contributed by atoms with E-state index in [1.54, 1.807) is 0 Å². The zero-order valence-corrected chi connectivity index (χ0v) is 11.9. The number of rotatable bonds is 2. The van der Waals surface area contributed by atoms with Crippen molar-refractivity contribution in [3.05, 3.63) is 0 Å². The standard InChI is InChI=1S/C14H26N2O2/c1-14(2,3)18-13(17)16-7-5-4-6-12(16)8-11-9-15-10-11/h11-12,15H,4-10H2,1-3H3. The molecule has 2 aliphatic heterocycles. The lowest BCUT2D eigenvalue weighted by atomic mass is 9.89. The quantitative estimate of drug-likeness (QED) is 0.822. The fourth-order valence-corrected chi connectivity index (χ4v) is 2.71. The van der Waals surface area contributed by atoms with Crippen molar-refractivity contribution in [2.24, 2.45) is 5.92 Å². The van der Waals surface area contributed by atoms with Crippen LogP contribution in [0.5, 0.6) is 0 Å². The summed E-state index contributed by atoms with van der Waals surface area (Å²) in [7, 11) is 0. The number of hydrogen-bond acceptors (Lipinski definition) is 3. The van der Waals surface area contributed by atoms with Crippen molar-refractivity contribution >= 4 is 6.09 Å². The van der Waals surface area contributed by atoms with Gasteiger partial charge in [0.05, 0.1) is 0 Å². The number of amides is 1. The number of nitrogens with one attached hydrogen (secondary N) is 1. The number of carbonyl (C=O) groups excluding carboxylic acids is 1. The first-order valence-corrected chi connectivity index (χ1v) is 7.16. The van der Waals surface area contributed by atoms with Crippen LogP contribution in [-0.4, -0.2) is 42.3 Å². The van der Waals surface area contributed by atoms with E-state index >= 15 is 0 Å². The lowest BCUT2D eigenvalue weighted by molar-refractivity contribution is 0.00576. The molecule has 0 spiro atoms. The number of nitrogens with zero attached hydrogens (tertiary/aromatic N) is 1. The molecule has 2 fully saturated rings. The maximum absolute atomic E-state index is 12.2. The molecular weight excluding hydrogens is 228 g/mol. The van der Waals surface area contributed by atoms with E-state index in [4.69, 9.17) is 4.74 Å². The van der Waals surface area contributed by atoms with Gasteiger partial charge in [0, 0.05) is 12.6 Å². The number of carbonyl (C=O) groups is 1. The van der Waals surface area contributed by atoms with Crippen LogP contribution in [0.25, 0.3) is 0 Å². The Labute approximate surface area is 110 Å². The van der Waals surface area contributed by atoms with Crippen LogP contribution < -0.4 is 5.32 Å². The molecule has 2 rings (SSSR count). The van der Waals surface area contributed by atoms with E-state index in [-0.39, 0.29) is 6.09 Å². The van der Waals surface area contributed by atoms with E-state index < -0.39 is 5.60 Å². The van der Waals surface area contributed by atoms with Crippen molar-refractivity contribution in [3.8, 4) is 0 Å². The maximum Gasteiger partial charge on any atom is 0.410 e. The highest BCUT2D eigenvalue weighted by Crippen LogP contribution is 2.26. The van der Waals surface area contributed by atoms with Crippen LogP contribution in [0, 0.1) is 5.92 Å². The summed E-state index contributed by atoms with van der Waals surface area (Å²) in [5.74, 6) is 0.748. The van der Waals surface area contributed by atoms with Gasteiger partial charge < -0.3 is 15.0 Å². The second-order valence-corrected chi connectivity index (χ2v) is 6.58. The topological polar surface area (TPSA) is 41.6 Å². The summed E-state index contributed by atoms with van der Waals surface area (Å²) in [4.78, 5) is 14.2. The third-order valence-corrected chi connectivity index (χ3v) is 3.73. The minimum Gasteiger partial charge on any atom is -0.444 e. The predicted molar refractivity (Wildman–Crippen MR) is 71.6 cm³/mol. The van der Waals surface area contributed by atoms with Gasteiger partial charge in [0.25, 0.3) is 0 Å². The van der Waals surface area contributed by atoms with Gasteiger partial charge >= 0.3 is 6.09 Å². The van der Waals surface area contributed by atoms with E-state index in [0.717, 1.165) is 44.8 Å². The van der Waals surface area contributed by atoms with Crippen LogP contribution in [0.1, 0.15) is 46.5 Å². The molecule has 4 heteroatoms. The molecule has 0 saturated carbocycles. The lowest BCUT2D eigenvalue weighted by Gasteiger charge is -2.40. The molecule has 4 nitrogen and oxygen atoms in total. The second kappa shape index (κ2) is 5.47.